The van der Waals surface area contributed by atoms with Gasteiger partial charge in [-0.3, -0.25) is 9.10 Å². The van der Waals surface area contributed by atoms with Gasteiger partial charge in [-0.25, -0.2) is 8.42 Å². The zero-order valence-electron chi connectivity index (χ0n) is 17.3. The van der Waals surface area contributed by atoms with E-state index in [4.69, 9.17) is 4.74 Å². The molecule has 0 spiro atoms. The van der Waals surface area contributed by atoms with Crippen molar-refractivity contribution in [2.45, 2.75) is 33.1 Å². The minimum absolute atomic E-state index is 0.238. The van der Waals surface area contributed by atoms with E-state index < -0.39 is 10.0 Å². The van der Waals surface area contributed by atoms with Crippen LogP contribution in [-0.4, -0.2) is 40.3 Å². The first kappa shape index (κ1) is 22.7. The molecule has 0 unspecified atom stereocenters. The number of nitrogens with one attached hydrogen (secondary N) is 1. The highest BCUT2D eigenvalue weighted by molar-refractivity contribution is 7.92. The van der Waals surface area contributed by atoms with Gasteiger partial charge in [0.05, 0.1) is 18.6 Å². The van der Waals surface area contributed by atoms with Crippen LogP contribution in [0.1, 0.15) is 30.9 Å². The number of hydrogen-bond acceptors (Lipinski definition) is 4. The number of ether oxygens (including phenoxy) is 1. The smallest absolute Gasteiger partial charge is 0.240 e. The van der Waals surface area contributed by atoms with E-state index in [0.717, 1.165) is 46.7 Å². The molecule has 0 atom stereocenters. The molecule has 0 aliphatic heterocycles. The molecule has 0 saturated heterocycles. The molecule has 7 heteroatoms. The van der Waals surface area contributed by atoms with Crippen molar-refractivity contribution < 1.29 is 17.9 Å². The Balaban J connectivity index is 1.88. The first-order valence-corrected chi connectivity index (χ1v) is 11.7. The Morgan fingerprint density at radius 3 is 2.45 bits per heavy atom. The molecule has 6 nitrogen and oxygen atoms in total. The fourth-order valence-electron chi connectivity index (χ4n) is 2.87. The summed E-state index contributed by atoms with van der Waals surface area (Å²) < 4.78 is 31.1. The third-order valence-corrected chi connectivity index (χ3v) is 5.53. The maximum Gasteiger partial charge on any atom is 0.240 e. The van der Waals surface area contributed by atoms with Crippen molar-refractivity contribution in [3.05, 3.63) is 59.7 Å². The molecule has 158 valence electrons. The minimum Gasteiger partial charge on any atom is -0.493 e. The van der Waals surface area contributed by atoms with Crippen LogP contribution < -0.4 is 14.4 Å². The van der Waals surface area contributed by atoms with Crippen LogP contribution in [0.5, 0.6) is 5.75 Å². The van der Waals surface area contributed by atoms with Crippen molar-refractivity contribution in [2.24, 2.45) is 0 Å². The number of aryl methyl sites for hydroxylation is 2. The summed E-state index contributed by atoms with van der Waals surface area (Å²) in [5, 5.41) is 2.81. The summed E-state index contributed by atoms with van der Waals surface area (Å²) in [6.07, 6.45) is 3.56. The van der Waals surface area contributed by atoms with Crippen molar-refractivity contribution in [3.63, 3.8) is 0 Å². The number of anilines is 1. The van der Waals surface area contributed by atoms with Crippen molar-refractivity contribution in [3.8, 4) is 5.75 Å². The number of carbonyl (C=O) groups is 1. The van der Waals surface area contributed by atoms with E-state index >= 15 is 0 Å². The van der Waals surface area contributed by atoms with Gasteiger partial charge in [0.2, 0.25) is 15.9 Å². The summed E-state index contributed by atoms with van der Waals surface area (Å²) in [6.45, 7) is 4.89. The molecule has 0 fully saturated rings. The number of amides is 1. The van der Waals surface area contributed by atoms with Gasteiger partial charge in [-0.15, -0.1) is 0 Å². The lowest BCUT2D eigenvalue weighted by Crippen LogP contribution is -2.40. The van der Waals surface area contributed by atoms with Gasteiger partial charge in [-0.2, -0.15) is 0 Å². The van der Waals surface area contributed by atoms with Crippen LogP contribution in [0.25, 0.3) is 0 Å². The van der Waals surface area contributed by atoms with E-state index in [0.29, 0.717) is 18.8 Å². The Bertz CT molecular complexity index is 895. The number of benzene rings is 2. The maximum atomic E-state index is 12.3. The lowest BCUT2D eigenvalue weighted by Gasteiger charge is -2.22. The highest BCUT2D eigenvalue weighted by atomic mass is 32.2. The molecule has 0 bridgehead atoms. The van der Waals surface area contributed by atoms with Crippen molar-refractivity contribution in [2.75, 3.05) is 30.3 Å². The normalized spacial score (nSPS) is 11.1. The van der Waals surface area contributed by atoms with E-state index in [1.54, 1.807) is 12.1 Å². The summed E-state index contributed by atoms with van der Waals surface area (Å²) in [5.41, 5.74) is 2.61. The summed E-state index contributed by atoms with van der Waals surface area (Å²) in [6, 6.07) is 14.9. The van der Waals surface area contributed by atoms with Gasteiger partial charge in [0.1, 0.15) is 12.3 Å². The summed E-state index contributed by atoms with van der Waals surface area (Å²) in [7, 11) is -3.56. The second-order valence-corrected chi connectivity index (χ2v) is 8.92. The molecule has 0 saturated carbocycles. The van der Waals surface area contributed by atoms with Gasteiger partial charge in [-0.05, 0) is 49.9 Å². The first-order chi connectivity index (χ1) is 13.8. The molecule has 29 heavy (non-hydrogen) atoms. The zero-order chi connectivity index (χ0) is 21.3. The SMILES string of the molecule is CCCOc1ccccc1CCCNC(=O)CN(c1ccc(C)cc1)S(C)(=O)=O. The summed E-state index contributed by atoms with van der Waals surface area (Å²) in [4.78, 5) is 12.3. The van der Waals surface area contributed by atoms with Crippen LogP contribution in [-0.2, 0) is 21.2 Å². The van der Waals surface area contributed by atoms with Crippen LogP contribution in [0.2, 0.25) is 0 Å². The molecule has 1 amide bonds. The van der Waals surface area contributed by atoms with E-state index in [-0.39, 0.29) is 12.5 Å². The number of hydrogen-bond donors (Lipinski definition) is 1. The molecular weight excluding hydrogens is 388 g/mol. The minimum atomic E-state index is -3.56. The maximum absolute atomic E-state index is 12.3. The van der Waals surface area contributed by atoms with Crippen LogP contribution >= 0.6 is 0 Å². The molecule has 0 aliphatic rings. The molecule has 2 rings (SSSR count). The molecular formula is C22H30N2O4S. The van der Waals surface area contributed by atoms with Crippen molar-refractivity contribution in [1.29, 1.82) is 0 Å². The lowest BCUT2D eigenvalue weighted by molar-refractivity contribution is -0.119. The molecule has 1 N–H and O–H groups in total. The Morgan fingerprint density at radius 1 is 1.10 bits per heavy atom. The quantitative estimate of drug-likeness (QED) is 0.568. The zero-order valence-corrected chi connectivity index (χ0v) is 18.2. The standard InChI is InChI=1S/C22H30N2O4S/c1-4-16-28-21-10-6-5-8-19(21)9-7-15-23-22(25)17-24(29(3,26)27)20-13-11-18(2)12-14-20/h5-6,8,10-14H,4,7,9,15-17H2,1-3H3,(H,23,25). The second kappa shape index (κ2) is 10.9. The van der Waals surface area contributed by atoms with E-state index in [9.17, 15) is 13.2 Å². The van der Waals surface area contributed by atoms with E-state index in [1.165, 1.54) is 0 Å². The molecule has 0 aromatic heterocycles. The van der Waals surface area contributed by atoms with Gasteiger partial charge >= 0.3 is 0 Å². The van der Waals surface area contributed by atoms with Crippen LogP contribution in [0.15, 0.2) is 48.5 Å². The van der Waals surface area contributed by atoms with Crippen LogP contribution in [0.3, 0.4) is 0 Å². The van der Waals surface area contributed by atoms with Gasteiger partial charge in [0, 0.05) is 6.54 Å². The third-order valence-electron chi connectivity index (χ3n) is 4.39. The topological polar surface area (TPSA) is 75.7 Å². The van der Waals surface area contributed by atoms with Crippen molar-refractivity contribution >= 4 is 21.6 Å². The number of nitrogens with zero attached hydrogens (tertiary/aromatic N) is 1. The fourth-order valence-corrected chi connectivity index (χ4v) is 3.72. The molecule has 2 aromatic carbocycles. The summed E-state index contributed by atoms with van der Waals surface area (Å²) >= 11 is 0. The van der Waals surface area contributed by atoms with Crippen LogP contribution in [0.4, 0.5) is 5.69 Å². The average molecular weight is 419 g/mol. The number of rotatable bonds is 11. The third kappa shape index (κ3) is 7.42. The van der Waals surface area contributed by atoms with E-state index in [1.807, 2.05) is 43.3 Å². The highest BCUT2D eigenvalue weighted by Gasteiger charge is 2.20. The number of para-hydroxylation sites is 1. The number of carbonyl (C=O) groups excluding carboxylic acids is 1. The Morgan fingerprint density at radius 2 is 1.79 bits per heavy atom. The van der Waals surface area contributed by atoms with Gasteiger partial charge in [0.25, 0.3) is 0 Å². The second-order valence-electron chi connectivity index (χ2n) is 7.01. The van der Waals surface area contributed by atoms with Crippen molar-refractivity contribution in [1.82, 2.24) is 5.32 Å². The molecule has 0 radical (unpaired) electrons. The lowest BCUT2D eigenvalue weighted by atomic mass is 10.1. The Hall–Kier alpha value is -2.54. The fraction of sp³-hybridized carbons (Fsp3) is 0.409. The molecule has 2 aromatic rings. The molecule has 0 aliphatic carbocycles. The van der Waals surface area contributed by atoms with Gasteiger partial charge in [0.15, 0.2) is 0 Å². The van der Waals surface area contributed by atoms with Gasteiger partial charge in [-0.1, -0.05) is 42.8 Å². The Kier molecular flexibility index (Phi) is 8.51. The molecule has 0 heterocycles. The van der Waals surface area contributed by atoms with E-state index in [2.05, 4.69) is 12.2 Å². The number of sulfonamides is 1. The predicted octanol–water partition coefficient (Wildman–Crippen LogP) is 3.30. The monoisotopic (exact) mass is 418 g/mol. The Labute approximate surface area is 173 Å². The first-order valence-electron chi connectivity index (χ1n) is 9.83. The average Bonchev–Trinajstić information content (AvgIpc) is 2.68. The van der Waals surface area contributed by atoms with Gasteiger partial charge < -0.3 is 10.1 Å². The largest absolute Gasteiger partial charge is 0.493 e. The predicted molar refractivity (Wildman–Crippen MR) is 117 cm³/mol. The van der Waals surface area contributed by atoms with Crippen LogP contribution in [0, 0.1) is 6.92 Å². The highest BCUT2D eigenvalue weighted by Crippen LogP contribution is 2.20. The summed E-state index contributed by atoms with van der Waals surface area (Å²) in [5.74, 6) is 0.551.